The number of nitrogens with zero attached hydrogens (tertiary/aromatic N) is 4. The van der Waals surface area contributed by atoms with Gasteiger partial charge in [-0.1, -0.05) is 13.8 Å². The SMILES string of the molecule is CCC(C)(CCO[C@H]([C@H](O)CO)n1cnc2c(=N)n(C)cnc21)OP(=O)(O)C(C)(O)CC. The van der Waals surface area contributed by atoms with Crippen LogP contribution >= 0.6 is 7.60 Å². The van der Waals surface area contributed by atoms with Gasteiger partial charge in [0, 0.05) is 13.5 Å². The Bertz CT molecular complexity index is 1020. The zero-order valence-electron chi connectivity index (χ0n) is 19.1. The van der Waals surface area contributed by atoms with Crippen LogP contribution in [0.4, 0.5) is 0 Å². The quantitative estimate of drug-likeness (QED) is 0.280. The molecule has 3 unspecified atom stereocenters. The van der Waals surface area contributed by atoms with Gasteiger partial charge in [-0.3, -0.25) is 14.5 Å². The molecule has 0 amide bonds. The maximum Gasteiger partial charge on any atom is 0.359 e. The summed E-state index contributed by atoms with van der Waals surface area (Å²) in [5.41, 5.74) is -0.354. The first-order valence-corrected chi connectivity index (χ1v) is 12.0. The van der Waals surface area contributed by atoms with E-state index in [1.165, 1.54) is 28.7 Å². The van der Waals surface area contributed by atoms with Crippen LogP contribution in [-0.4, -0.2) is 69.6 Å². The average Bonchev–Trinajstić information content (AvgIpc) is 3.17. The Balaban J connectivity index is 2.22. The molecular weight excluding hydrogens is 441 g/mol. The molecule has 2 rings (SSSR count). The van der Waals surface area contributed by atoms with E-state index >= 15 is 0 Å². The van der Waals surface area contributed by atoms with Crippen LogP contribution < -0.4 is 5.49 Å². The smallest absolute Gasteiger partial charge is 0.359 e. The molecule has 0 saturated carbocycles. The number of hydrogen-bond donors (Lipinski definition) is 5. The van der Waals surface area contributed by atoms with E-state index in [-0.39, 0.29) is 24.9 Å². The number of aromatic nitrogens is 4. The second kappa shape index (κ2) is 10.1. The zero-order chi connectivity index (χ0) is 24.3. The third-order valence-corrected chi connectivity index (χ3v) is 8.00. The minimum atomic E-state index is -4.35. The Labute approximate surface area is 186 Å². The summed E-state index contributed by atoms with van der Waals surface area (Å²) in [6.45, 7) is 5.67. The summed E-state index contributed by atoms with van der Waals surface area (Å²) in [4.78, 5) is 18.7. The second-order valence-electron chi connectivity index (χ2n) is 8.28. The highest BCUT2D eigenvalue weighted by atomic mass is 31.2. The van der Waals surface area contributed by atoms with Gasteiger partial charge in [0.1, 0.15) is 11.6 Å². The van der Waals surface area contributed by atoms with E-state index < -0.39 is 37.5 Å². The van der Waals surface area contributed by atoms with E-state index in [1.54, 1.807) is 27.8 Å². The van der Waals surface area contributed by atoms with Crippen molar-refractivity contribution >= 4 is 18.8 Å². The predicted molar refractivity (Wildman–Crippen MR) is 116 cm³/mol. The third-order valence-electron chi connectivity index (χ3n) is 5.78. The van der Waals surface area contributed by atoms with E-state index in [1.807, 2.05) is 0 Å². The van der Waals surface area contributed by atoms with Crippen molar-refractivity contribution < 1.29 is 34.0 Å². The average molecular weight is 475 g/mol. The van der Waals surface area contributed by atoms with Gasteiger partial charge in [0.15, 0.2) is 22.7 Å². The Morgan fingerprint density at radius 1 is 1.25 bits per heavy atom. The molecular formula is C19H34N5O7P. The summed E-state index contributed by atoms with van der Waals surface area (Å²) in [6, 6.07) is 0. The molecule has 13 heteroatoms. The van der Waals surface area contributed by atoms with Gasteiger partial charge in [-0.05, 0) is 26.7 Å². The van der Waals surface area contributed by atoms with Crippen LogP contribution in [0.25, 0.3) is 11.2 Å². The van der Waals surface area contributed by atoms with Crippen molar-refractivity contribution in [2.75, 3.05) is 13.2 Å². The zero-order valence-corrected chi connectivity index (χ0v) is 20.0. The number of imidazole rings is 1. The summed E-state index contributed by atoms with van der Waals surface area (Å²) >= 11 is 0. The topological polar surface area (TPSA) is 176 Å². The number of aliphatic hydroxyl groups is 3. The van der Waals surface area contributed by atoms with Crippen molar-refractivity contribution in [1.29, 1.82) is 5.41 Å². The van der Waals surface area contributed by atoms with Gasteiger partial charge in [0.05, 0.1) is 31.5 Å². The fourth-order valence-electron chi connectivity index (χ4n) is 2.95. The lowest BCUT2D eigenvalue weighted by Crippen LogP contribution is -2.35. The standard InChI is InChI=1S/C19H34N5O7P/c1-6-18(3,31-32(28,29)19(4,27)7-2)8-9-30-17(13(26)10-25)24-12-21-14-15(20)23(5)11-22-16(14)24/h11-13,17,20,25-27H,6-10H2,1-5H3,(H,28,29)/t13-,17-,18?,19?/m1/s1. The predicted octanol–water partition coefficient (Wildman–Crippen LogP) is 0.997. The van der Waals surface area contributed by atoms with Gasteiger partial charge in [0.2, 0.25) is 0 Å². The van der Waals surface area contributed by atoms with Crippen molar-refractivity contribution in [2.24, 2.45) is 7.05 Å². The Morgan fingerprint density at radius 3 is 2.47 bits per heavy atom. The molecule has 0 aliphatic heterocycles. The van der Waals surface area contributed by atoms with Crippen molar-refractivity contribution in [2.45, 2.75) is 70.2 Å². The van der Waals surface area contributed by atoms with Gasteiger partial charge < -0.3 is 34.0 Å². The summed E-state index contributed by atoms with van der Waals surface area (Å²) in [7, 11) is -2.69. The highest BCUT2D eigenvalue weighted by molar-refractivity contribution is 7.54. The van der Waals surface area contributed by atoms with Crippen LogP contribution in [0, 0.1) is 5.41 Å². The molecule has 182 valence electrons. The highest BCUT2D eigenvalue weighted by Crippen LogP contribution is 2.58. The molecule has 2 aromatic rings. The minimum Gasteiger partial charge on any atom is -0.394 e. The first kappa shape index (κ1) is 26.6. The fourth-order valence-corrected chi connectivity index (χ4v) is 4.36. The number of nitrogens with one attached hydrogen (secondary N) is 1. The molecule has 2 aromatic heterocycles. The lowest BCUT2D eigenvalue weighted by atomic mass is 10.0. The molecule has 5 N–H and O–H groups in total. The van der Waals surface area contributed by atoms with Gasteiger partial charge in [-0.15, -0.1) is 0 Å². The Hall–Kier alpha value is -1.66. The third kappa shape index (κ3) is 5.45. The maximum absolute atomic E-state index is 12.6. The Morgan fingerprint density at radius 2 is 1.91 bits per heavy atom. The number of aryl methyl sites for hydroxylation is 1. The summed E-state index contributed by atoms with van der Waals surface area (Å²) in [5.74, 6) is 0. The minimum absolute atomic E-state index is 0.00560. The molecule has 32 heavy (non-hydrogen) atoms. The van der Waals surface area contributed by atoms with Crippen LogP contribution in [0.15, 0.2) is 12.7 Å². The molecule has 2 heterocycles. The summed E-state index contributed by atoms with van der Waals surface area (Å²) in [5, 5.41) is 36.3. The number of aliphatic hydroxyl groups excluding tert-OH is 2. The second-order valence-corrected chi connectivity index (χ2v) is 10.5. The number of hydrogen-bond acceptors (Lipinski definition) is 9. The molecule has 0 spiro atoms. The van der Waals surface area contributed by atoms with E-state index in [0.29, 0.717) is 17.6 Å². The molecule has 0 radical (unpaired) electrons. The number of fused-ring (bicyclic) bond motifs is 1. The lowest BCUT2D eigenvalue weighted by molar-refractivity contribution is -0.107. The van der Waals surface area contributed by atoms with Crippen LogP contribution in [0.5, 0.6) is 0 Å². The largest absolute Gasteiger partial charge is 0.394 e. The van der Waals surface area contributed by atoms with Gasteiger partial charge in [0.25, 0.3) is 0 Å². The van der Waals surface area contributed by atoms with E-state index in [4.69, 9.17) is 14.7 Å². The number of ether oxygens (including phenoxy) is 1. The molecule has 0 aromatic carbocycles. The summed E-state index contributed by atoms with van der Waals surface area (Å²) in [6.07, 6.45) is 1.00. The fraction of sp³-hybridized carbons (Fsp3) is 0.737. The molecule has 12 nitrogen and oxygen atoms in total. The molecule has 0 saturated heterocycles. The van der Waals surface area contributed by atoms with Crippen LogP contribution in [-0.2, 0) is 20.9 Å². The molecule has 5 atom stereocenters. The molecule has 0 fully saturated rings. The van der Waals surface area contributed by atoms with Crippen LogP contribution in [0.2, 0.25) is 0 Å². The highest BCUT2D eigenvalue weighted by Gasteiger charge is 2.46. The van der Waals surface area contributed by atoms with Gasteiger partial charge >= 0.3 is 7.60 Å². The van der Waals surface area contributed by atoms with Gasteiger partial charge in [-0.25, -0.2) is 9.97 Å². The van der Waals surface area contributed by atoms with E-state index in [2.05, 4.69) is 9.97 Å². The first-order valence-electron chi connectivity index (χ1n) is 10.4. The Kier molecular flexibility index (Phi) is 8.38. The maximum atomic E-state index is 12.6. The van der Waals surface area contributed by atoms with Crippen LogP contribution in [0.1, 0.15) is 53.2 Å². The van der Waals surface area contributed by atoms with E-state index in [0.717, 1.165) is 0 Å². The lowest BCUT2D eigenvalue weighted by Gasteiger charge is -2.36. The van der Waals surface area contributed by atoms with Crippen molar-refractivity contribution in [1.82, 2.24) is 19.1 Å². The monoisotopic (exact) mass is 475 g/mol. The van der Waals surface area contributed by atoms with Gasteiger partial charge in [-0.2, -0.15) is 0 Å². The first-order chi connectivity index (χ1) is 14.8. The van der Waals surface area contributed by atoms with E-state index in [9.17, 15) is 24.8 Å². The summed E-state index contributed by atoms with van der Waals surface area (Å²) < 4.78 is 26.9. The molecule has 0 aliphatic rings. The molecule has 0 aliphatic carbocycles. The number of rotatable bonds is 12. The van der Waals surface area contributed by atoms with Crippen molar-refractivity contribution in [3.63, 3.8) is 0 Å². The van der Waals surface area contributed by atoms with Crippen molar-refractivity contribution in [3.8, 4) is 0 Å². The normalized spacial score (nSPS) is 19.8. The molecule has 0 bridgehead atoms. The van der Waals surface area contributed by atoms with Crippen LogP contribution in [0.3, 0.4) is 0 Å². The van der Waals surface area contributed by atoms with Crippen molar-refractivity contribution in [3.05, 3.63) is 18.1 Å².